The van der Waals surface area contributed by atoms with Crippen molar-refractivity contribution in [3.8, 4) is 17.2 Å². The van der Waals surface area contributed by atoms with E-state index in [4.69, 9.17) is 14.2 Å². The Hall–Kier alpha value is -4.59. The molecule has 0 N–H and O–H groups in total. The van der Waals surface area contributed by atoms with E-state index in [0.29, 0.717) is 35.8 Å². The molecule has 8 nitrogen and oxygen atoms in total. The predicted molar refractivity (Wildman–Crippen MR) is 139 cm³/mol. The van der Waals surface area contributed by atoms with Gasteiger partial charge in [0, 0.05) is 24.1 Å². The number of amides is 1. The summed E-state index contributed by atoms with van der Waals surface area (Å²) in [5, 5.41) is 13.5. The van der Waals surface area contributed by atoms with Gasteiger partial charge in [-0.2, -0.15) is 0 Å². The number of carbonyl (C=O) groups excluding carboxylic acids is 1. The van der Waals surface area contributed by atoms with Crippen molar-refractivity contribution in [3.63, 3.8) is 0 Å². The molecule has 1 atom stereocenters. The van der Waals surface area contributed by atoms with Crippen molar-refractivity contribution in [2.75, 3.05) is 27.4 Å². The average molecular weight is 499 g/mol. The zero-order chi connectivity index (χ0) is 25.9. The molecule has 0 radical (unpaired) electrons. The van der Waals surface area contributed by atoms with Crippen LogP contribution in [-0.2, 0) is 11.2 Å². The Morgan fingerprint density at radius 1 is 0.946 bits per heavy atom. The Morgan fingerprint density at radius 2 is 1.68 bits per heavy atom. The van der Waals surface area contributed by atoms with Crippen LogP contribution >= 0.6 is 0 Å². The summed E-state index contributed by atoms with van der Waals surface area (Å²) in [7, 11) is 3.13. The number of rotatable bonds is 7. The van der Waals surface area contributed by atoms with Crippen LogP contribution in [0.25, 0.3) is 10.8 Å². The van der Waals surface area contributed by atoms with E-state index in [2.05, 4.69) is 0 Å². The van der Waals surface area contributed by atoms with Gasteiger partial charge < -0.3 is 19.1 Å². The molecule has 1 amide bonds. The lowest BCUT2D eigenvalue weighted by molar-refractivity contribution is -0.384. The van der Waals surface area contributed by atoms with Crippen molar-refractivity contribution in [2.24, 2.45) is 0 Å². The second-order valence-electron chi connectivity index (χ2n) is 8.76. The minimum atomic E-state index is -0.549. The maximum Gasteiger partial charge on any atom is 0.269 e. The Morgan fingerprint density at radius 3 is 2.46 bits per heavy atom. The van der Waals surface area contributed by atoms with Gasteiger partial charge >= 0.3 is 0 Å². The minimum Gasteiger partial charge on any atom is -0.493 e. The molecule has 0 bridgehead atoms. The third-order valence-electron chi connectivity index (χ3n) is 6.69. The lowest BCUT2D eigenvalue weighted by Crippen LogP contribution is -2.43. The van der Waals surface area contributed by atoms with E-state index in [1.54, 1.807) is 31.3 Å². The van der Waals surface area contributed by atoms with Gasteiger partial charge in [-0.1, -0.05) is 48.5 Å². The summed E-state index contributed by atoms with van der Waals surface area (Å²) < 4.78 is 17.0. The molecule has 1 aliphatic rings. The number of non-ortho nitro benzene ring substituents is 1. The molecule has 0 saturated heterocycles. The molecular formula is C29H26N2O6. The Kier molecular flexibility index (Phi) is 6.64. The molecule has 0 aliphatic carbocycles. The number of nitro groups is 1. The number of fused-ring (bicyclic) bond motifs is 2. The quantitative estimate of drug-likeness (QED) is 0.253. The highest BCUT2D eigenvalue weighted by Crippen LogP contribution is 2.41. The maximum atomic E-state index is 13.6. The Balaban J connectivity index is 1.52. The van der Waals surface area contributed by atoms with Crippen molar-refractivity contribution >= 4 is 22.4 Å². The van der Waals surface area contributed by atoms with Crippen LogP contribution in [0.5, 0.6) is 17.2 Å². The lowest BCUT2D eigenvalue weighted by Gasteiger charge is -2.38. The first-order chi connectivity index (χ1) is 18.0. The van der Waals surface area contributed by atoms with Crippen LogP contribution in [0.2, 0.25) is 0 Å². The lowest BCUT2D eigenvalue weighted by atomic mass is 9.87. The number of nitro benzene ring substituents is 1. The normalized spacial score (nSPS) is 14.6. The summed E-state index contributed by atoms with van der Waals surface area (Å²) in [4.78, 5) is 26.4. The van der Waals surface area contributed by atoms with Crippen LogP contribution in [0.3, 0.4) is 0 Å². The fraction of sp³-hybridized carbons (Fsp3) is 0.207. The van der Waals surface area contributed by atoms with Crippen LogP contribution < -0.4 is 14.2 Å². The largest absolute Gasteiger partial charge is 0.493 e. The standard InChI is InChI=1S/C29H26N2O6/c1-35-26-16-20-13-14-30(28(32)18-37-25-12-6-8-19-7-3-4-11-23(19)25)29(24(20)17-27(26)36-2)21-9-5-10-22(15-21)31(33)34/h3-12,15-17,29H,13-14,18H2,1-2H3/t29-/m1/s1. The van der Waals surface area contributed by atoms with Crippen molar-refractivity contribution < 1.29 is 23.9 Å². The van der Waals surface area contributed by atoms with E-state index in [0.717, 1.165) is 21.9 Å². The summed E-state index contributed by atoms with van der Waals surface area (Å²) in [5.41, 5.74) is 2.43. The van der Waals surface area contributed by atoms with E-state index >= 15 is 0 Å². The highest BCUT2D eigenvalue weighted by Gasteiger charge is 2.34. The van der Waals surface area contributed by atoms with Crippen LogP contribution in [0, 0.1) is 10.1 Å². The van der Waals surface area contributed by atoms with Gasteiger partial charge in [0.1, 0.15) is 5.75 Å². The van der Waals surface area contributed by atoms with E-state index in [1.165, 1.54) is 12.1 Å². The van der Waals surface area contributed by atoms with Crippen LogP contribution in [0.4, 0.5) is 5.69 Å². The fourth-order valence-corrected chi connectivity index (χ4v) is 4.93. The Bertz CT molecular complexity index is 1480. The molecule has 5 rings (SSSR count). The molecule has 0 aromatic heterocycles. The number of carbonyl (C=O) groups is 1. The number of hydrogen-bond donors (Lipinski definition) is 0. The fourth-order valence-electron chi connectivity index (χ4n) is 4.93. The summed E-state index contributed by atoms with van der Waals surface area (Å²) >= 11 is 0. The molecule has 188 valence electrons. The van der Waals surface area contributed by atoms with E-state index in [9.17, 15) is 14.9 Å². The van der Waals surface area contributed by atoms with Crippen LogP contribution in [0.1, 0.15) is 22.7 Å². The van der Waals surface area contributed by atoms with Crippen molar-refractivity contribution in [3.05, 3.63) is 106 Å². The van der Waals surface area contributed by atoms with Gasteiger partial charge in [-0.05, 0) is 46.7 Å². The first-order valence-corrected chi connectivity index (χ1v) is 11.9. The number of benzene rings is 4. The van der Waals surface area contributed by atoms with E-state index < -0.39 is 11.0 Å². The highest BCUT2D eigenvalue weighted by atomic mass is 16.6. The molecule has 1 aliphatic heterocycles. The molecule has 0 fully saturated rings. The molecular weight excluding hydrogens is 472 g/mol. The molecule has 4 aromatic rings. The Labute approximate surface area is 214 Å². The van der Waals surface area contributed by atoms with Crippen molar-refractivity contribution in [2.45, 2.75) is 12.5 Å². The van der Waals surface area contributed by atoms with Gasteiger partial charge in [-0.3, -0.25) is 14.9 Å². The molecule has 0 saturated carbocycles. The van der Waals surface area contributed by atoms with Crippen LogP contribution in [-0.4, -0.2) is 43.1 Å². The van der Waals surface area contributed by atoms with Crippen molar-refractivity contribution in [1.82, 2.24) is 4.90 Å². The molecule has 0 unspecified atom stereocenters. The van der Waals surface area contributed by atoms with E-state index in [-0.39, 0.29) is 18.2 Å². The molecule has 4 aromatic carbocycles. The van der Waals surface area contributed by atoms with Gasteiger partial charge in [-0.25, -0.2) is 0 Å². The summed E-state index contributed by atoms with van der Waals surface area (Å²) in [6.45, 7) is 0.260. The first-order valence-electron chi connectivity index (χ1n) is 11.9. The number of methoxy groups -OCH3 is 2. The second kappa shape index (κ2) is 10.2. The predicted octanol–water partition coefficient (Wildman–Crippen LogP) is 5.32. The maximum absolute atomic E-state index is 13.6. The molecule has 37 heavy (non-hydrogen) atoms. The van der Waals surface area contributed by atoms with Crippen LogP contribution in [0.15, 0.2) is 78.9 Å². The smallest absolute Gasteiger partial charge is 0.269 e. The topological polar surface area (TPSA) is 91.1 Å². The first kappa shape index (κ1) is 24.1. The average Bonchev–Trinajstić information content (AvgIpc) is 2.94. The van der Waals surface area contributed by atoms with Gasteiger partial charge in [0.05, 0.1) is 25.2 Å². The zero-order valence-corrected chi connectivity index (χ0v) is 20.5. The minimum absolute atomic E-state index is 0.0375. The molecule has 1 heterocycles. The monoisotopic (exact) mass is 498 g/mol. The number of nitrogens with zero attached hydrogens (tertiary/aromatic N) is 2. The van der Waals surface area contributed by atoms with Gasteiger partial charge in [0.15, 0.2) is 18.1 Å². The van der Waals surface area contributed by atoms with Gasteiger partial charge in [-0.15, -0.1) is 0 Å². The second-order valence-corrected chi connectivity index (χ2v) is 8.76. The zero-order valence-electron chi connectivity index (χ0n) is 20.5. The summed E-state index contributed by atoms with van der Waals surface area (Å²) in [5.74, 6) is 1.53. The van der Waals surface area contributed by atoms with Crippen molar-refractivity contribution in [1.29, 1.82) is 0 Å². The van der Waals surface area contributed by atoms with Gasteiger partial charge in [0.2, 0.25) is 0 Å². The number of hydrogen-bond acceptors (Lipinski definition) is 6. The highest BCUT2D eigenvalue weighted by molar-refractivity contribution is 5.88. The van der Waals surface area contributed by atoms with Gasteiger partial charge in [0.25, 0.3) is 11.6 Å². The molecule has 8 heteroatoms. The summed E-state index contributed by atoms with van der Waals surface area (Å²) in [6.07, 6.45) is 0.598. The number of ether oxygens (including phenoxy) is 3. The molecule has 0 spiro atoms. The third-order valence-corrected chi connectivity index (χ3v) is 6.69. The SMILES string of the molecule is COc1cc2c(cc1OC)[C@@H](c1cccc([N+](=O)[O-])c1)N(C(=O)COc1cccc3ccccc13)CC2. The third kappa shape index (κ3) is 4.65. The summed E-state index contributed by atoms with van der Waals surface area (Å²) in [6, 6.07) is 23.2. The van der Waals surface area contributed by atoms with E-state index in [1.807, 2.05) is 54.6 Å².